The number of nitrogens with one attached hydrogen (secondary N) is 1. The molecule has 2 heterocycles. The Bertz CT molecular complexity index is 490. The van der Waals surface area contributed by atoms with Crippen LogP contribution in [0.2, 0.25) is 0 Å². The molecular formula is C16H24N2OS. The standard InChI is InChI=1S/C16H24N2OS/c1-13(2)16(19)7-8-17-11-14-5-3-9-18(14)12-15-6-4-10-20-15/h3-6,9-10,13,16-17,19H,7-8,11-12H2,1-2H3. The summed E-state index contributed by atoms with van der Waals surface area (Å²) in [5.74, 6) is 0.333. The molecule has 2 rings (SSSR count). The van der Waals surface area contributed by atoms with Gasteiger partial charge in [0.15, 0.2) is 0 Å². The molecule has 20 heavy (non-hydrogen) atoms. The Labute approximate surface area is 125 Å². The summed E-state index contributed by atoms with van der Waals surface area (Å²) in [5.41, 5.74) is 1.29. The van der Waals surface area contributed by atoms with Gasteiger partial charge in [-0.25, -0.2) is 0 Å². The zero-order valence-electron chi connectivity index (χ0n) is 12.2. The minimum absolute atomic E-state index is 0.208. The monoisotopic (exact) mass is 292 g/mol. The van der Waals surface area contributed by atoms with E-state index in [9.17, 15) is 5.11 Å². The molecule has 0 fully saturated rings. The van der Waals surface area contributed by atoms with Crippen LogP contribution in [0.5, 0.6) is 0 Å². The molecule has 0 radical (unpaired) electrons. The molecule has 0 aliphatic carbocycles. The van der Waals surface area contributed by atoms with E-state index in [1.165, 1.54) is 10.6 Å². The number of hydrogen-bond acceptors (Lipinski definition) is 3. The van der Waals surface area contributed by atoms with Crippen molar-refractivity contribution in [3.63, 3.8) is 0 Å². The average molecular weight is 292 g/mol. The SMILES string of the molecule is CC(C)C(O)CCNCc1cccn1Cc1cccs1. The van der Waals surface area contributed by atoms with Crippen molar-refractivity contribution < 1.29 is 5.11 Å². The zero-order chi connectivity index (χ0) is 14.4. The molecule has 2 aromatic rings. The van der Waals surface area contributed by atoms with Gasteiger partial charge in [-0.3, -0.25) is 0 Å². The highest BCUT2D eigenvalue weighted by Crippen LogP contribution is 2.13. The van der Waals surface area contributed by atoms with Crippen molar-refractivity contribution in [1.82, 2.24) is 9.88 Å². The fraction of sp³-hybridized carbons (Fsp3) is 0.500. The minimum atomic E-state index is -0.208. The Balaban J connectivity index is 1.78. The van der Waals surface area contributed by atoms with Gasteiger partial charge < -0.3 is 15.0 Å². The van der Waals surface area contributed by atoms with Crippen molar-refractivity contribution in [1.29, 1.82) is 0 Å². The predicted molar refractivity (Wildman–Crippen MR) is 85.0 cm³/mol. The molecule has 2 aromatic heterocycles. The van der Waals surface area contributed by atoms with Gasteiger partial charge in [0, 0.05) is 23.3 Å². The Morgan fingerprint density at radius 2 is 2.15 bits per heavy atom. The summed E-state index contributed by atoms with van der Waals surface area (Å²) in [6.45, 7) is 6.75. The van der Waals surface area contributed by atoms with E-state index in [1.54, 1.807) is 11.3 Å². The van der Waals surface area contributed by atoms with E-state index in [1.807, 2.05) is 0 Å². The maximum absolute atomic E-state index is 9.77. The second kappa shape index (κ2) is 7.62. The first-order valence-electron chi connectivity index (χ1n) is 7.22. The molecule has 0 bridgehead atoms. The summed E-state index contributed by atoms with van der Waals surface area (Å²) in [6.07, 6.45) is 2.73. The van der Waals surface area contributed by atoms with E-state index in [0.717, 1.165) is 26.1 Å². The summed E-state index contributed by atoms with van der Waals surface area (Å²) in [4.78, 5) is 1.37. The zero-order valence-corrected chi connectivity index (χ0v) is 13.1. The van der Waals surface area contributed by atoms with Crippen LogP contribution < -0.4 is 5.32 Å². The average Bonchev–Trinajstić information content (AvgIpc) is 3.07. The normalized spacial score (nSPS) is 13.0. The molecule has 110 valence electrons. The first-order valence-corrected chi connectivity index (χ1v) is 8.10. The first-order chi connectivity index (χ1) is 9.66. The quantitative estimate of drug-likeness (QED) is 0.734. The second-order valence-electron chi connectivity index (χ2n) is 5.48. The fourth-order valence-electron chi connectivity index (χ4n) is 2.13. The molecule has 0 aromatic carbocycles. The lowest BCUT2D eigenvalue weighted by molar-refractivity contribution is 0.116. The summed E-state index contributed by atoms with van der Waals surface area (Å²) in [7, 11) is 0. The predicted octanol–water partition coefficient (Wildman–Crippen LogP) is 3.09. The van der Waals surface area contributed by atoms with Gasteiger partial charge in [-0.2, -0.15) is 0 Å². The second-order valence-corrected chi connectivity index (χ2v) is 6.52. The molecule has 0 aliphatic heterocycles. The van der Waals surface area contributed by atoms with E-state index in [0.29, 0.717) is 5.92 Å². The largest absolute Gasteiger partial charge is 0.393 e. The molecule has 0 spiro atoms. The van der Waals surface area contributed by atoms with E-state index in [2.05, 4.69) is 59.6 Å². The number of nitrogens with zero attached hydrogens (tertiary/aromatic N) is 1. The lowest BCUT2D eigenvalue weighted by Gasteiger charge is -2.15. The summed E-state index contributed by atoms with van der Waals surface area (Å²) >= 11 is 1.79. The maximum atomic E-state index is 9.77. The highest BCUT2D eigenvalue weighted by atomic mass is 32.1. The van der Waals surface area contributed by atoms with Crippen LogP contribution in [0.25, 0.3) is 0 Å². The van der Waals surface area contributed by atoms with E-state index < -0.39 is 0 Å². The summed E-state index contributed by atoms with van der Waals surface area (Å²) in [5, 5.41) is 15.3. The molecule has 4 heteroatoms. The van der Waals surface area contributed by atoms with Crippen molar-refractivity contribution in [3.8, 4) is 0 Å². The van der Waals surface area contributed by atoms with Crippen molar-refractivity contribution in [2.24, 2.45) is 5.92 Å². The van der Waals surface area contributed by atoms with Gasteiger partial charge in [-0.05, 0) is 42.5 Å². The molecule has 0 aliphatic rings. The fourth-order valence-corrected chi connectivity index (χ4v) is 2.84. The molecule has 0 saturated carbocycles. The van der Waals surface area contributed by atoms with E-state index in [-0.39, 0.29) is 6.10 Å². The van der Waals surface area contributed by atoms with Crippen LogP contribution in [0.4, 0.5) is 0 Å². The van der Waals surface area contributed by atoms with Gasteiger partial charge in [-0.1, -0.05) is 19.9 Å². The Morgan fingerprint density at radius 1 is 1.30 bits per heavy atom. The number of thiophene rings is 1. The minimum Gasteiger partial charge on any atom is -0.393 e. The third-order valence-electron chi connectivity index (χ3n) is 3.52. The van der Waals surface area contributed by atoms with E-state index in [4.69, 9.17) is 0 Å². The van der Waals surface area contributed by atoms with E-state index >= 15 is 0 Å². The van der Waals surface area contributed by atoms with Gasteiger partial charge in [0.1, 0.15) is 0 Å². The molecule has 0 saturated heterocycles. The number of hydrogen-bond donors (Lipinski definition) is 2. The Kier molecular flexibility index (Phi) is 5.83. The highest BCUT2D eigenvalue weighted by molar-refractivity contribution is 7.09. The van der Waals surface area contributed by atoms with Crippen LogP contribution in [-0.2, 0) is 13.1 Å². The van der Waals surface area contributed by atoms with Crippen LogP contribution in [-0.4, -0.2) is 22.3 Å². The molecular weight excluding hydrogens is 268 g/mol. The topological polar surface area (TPSA) is 37.2 Å². The van der Waals surface area contributed by atoms with Gasteiger partial charge in [0.05, 0.1) is 12.6 Å². The Morgan fingerprint density at radius 3 is 2.85 bits per heavy atom. The summed E-state index contributed by atoms with van der Waals surface area (Å²) in [6, 6.07) is 8.50. The molecule has 0 amide bonds. The van der Waals surface area contributed by atoms with Crippen molar-refractivity contribution in [2.45, 2.75) is 39.5 Å². The summed E-state index contributed by atoms with van der Waals surface area (Å²) < 4.78 is 2.28. The van der Waals surface area contributed by atoms with Crippen molar-refractivity contribution in [3.05, 3.63) is 46.4 Å². The van der Waals surface area contributed by atoms with Gasteiger partial charge >= 0.3 is 0 Å². The maximum Gasteiger partial charge on any atom is 0.0575 e. The molecule has 1 unspecified atom stereocenters. The van der Waals surface area contributed by atoms with Crippen LogP contribution in [0.1, 0.15) is 30.8 Å². The number of aromatic nitrogens is 1. The van der Waals surface area contributed by atoms with Crippen LogP contribution in [0, 0.1) is 5.92 Å². The number of aliphatic hydroxyl groups excluding tert-OH is 1. The number of rotatable bonds is 8. The van der Waals surface area contributed by atoms with Crippen LogP contribution >= 0.6 is 11.3 Å². The molecule has 2 N–H and O–H groups in total. The molecule has 3 nitrogen and oxygen atoms in total. The van der Waals surface area contributed by atoms with Gasteiger partial charge in [0.2, 0.25) is 0 Å². The number of aliphatic hydroxyl groups is 1. The lowest BCUT2D eigenvalue weighted by Crippen LogP contribution is -2.24. The smallest absolute Gasteiger partial charge is 0.0575 e. The van der Waals surface area contributed by atoms with Crippen molar-refractivity contribution >= 4 is 11.3 Å². The Hall–Kier alpha value is -1.10. The van der Waals surface area contributed by atoms with Gasteiger partial charge in [0.25, 0.3) is 0 Å². The van der Waals surface area contributed by atoms with Crippen LogP contribution in [0.15, 0.2) is 35.8 Å². The van der Waals surface area contributed by atoms with Crippen LogP contribution in [0.3, 0.4) is 0 Å². The highest BCUT2D eigenvalue weighted by Gasteiger charge is 2.08. The van der Waals surface area contributed by atoms with Gasteiger partial charge in [-0.15, -0.1) is 11.3 Å². The lowest BCUT2D eigenvalue weighted by atomic mass is 10.0. The third kappa shape index (κ3) is 4.47. The molecule has 1 atom stereocenters. The first kappa shape index (κ1) is 15.3. The van der Waals surface area contributed by atoms with Crippen molar-refractivity contribution in [2.75, 3.05) is 6.54 Å². The third-order valence-corrected chi connectivity index (χ3v) is 4.38.